The number of carbonyl (C=O) groups is 1. The molecule has 0 unspecified atom stereocenters. The number of rotatable bonds is 4. The highest BCUT2D eigenvalue weighted by Crippen LogP contribution is 2.06. The molecule has 5 nitrogen and oxygen atoms in total. The van der Waals surface area contributed by atoms with Crippen LogP contribution in [0, 0.1) is 10.5 Å². The standard InChI is InChI=1S/C12H12IN3O2/c1-8-15-11(16-18-8)6-7-14-12(17)9-2-4-10(13)5-3-9/h2-5H,6-7H2,1H3,(H,14,17). The molecule has 6 heteroatoms. The van der Waals surface area contributed by atoms with E-state index in [-0.39, 0.29) is 5.91 Å². The Morgan fingerprint density at radius 1 is 1.39 bits per heavy atom. The summed E-state index contributed by atoms with van der Waals surface area (Å²) in [7, 11) is 0. The summed E-state index contributed by atoms with van der Waals surface area (Å²) in [6.45, 7) is 2.23. The summed E-state index contributed by atoms with van der Waals surface area (Å²) in [4.78, 5) is 15.8. The summed E-state index contributed by atoms with van der Waals surface area (Å²) in [5, 5.41) is 6.57. The quantitative estimate of drug-likeness (QED) is 0.850. The molecule has 0 fully saturated rings. The van der Waals surface area contributed by atoms with E-state index in [1.165, 1.54) is 0 Å². The van der Waals surface area contributed by atoms with E-state index in [0.29, 0.717) is 30.2 Å². The maximum absolute atomic E-state index is 11.8. The van der Waals surface area contributed by atoms with Gasteiger partial charge in [0.1, 0.15) is 0 Å². The number of nitrogens with zero attached hydrogens (tertiary/aromatic N) is 2. The average Bonchev–Trinajstić information content (AvgIpc) is 2.76. The van der Waals surface area contributed by atoms with Gasteiger partial charge in [0.05, 0.1) is 0 Å². The first-order valence-electron chi connectivity index (χ1n) is 5.48. The topological polar surface area (TPSA) is 68.0 Å². The lowest BCUT2D eigenvalue weighted by atomic mass is 10.2. The lowest BCUT2D eigenvalue weighted by Gasteiger charge is -2.03. The molecular formula is C12H12IN3O2. The lowest BCUT2D eigenvalue weighted by molar-refractivity contribution is 0.0954. The Morgan fingerprint density at radius 2 is 2.11 bits per heavy atom. The van der Waals surface area contributed by atoms with Crippen molar-refractivity contribution in [3.63, 3.8) is 0 Å². The first kappa shape index (κ1) is 13.0. The summed E-state index contributed by atoms with van der Waals surface area (Å²) in [6, 6.07) is 7.40. The van der Waals surface area contributed by atoms with Gasteiger partial charge in [0.15, 0.2) is 5.82 Å². The van der Waals surface area contributed by atoms with Crippen molar-refractivity contribution in [2.75, 3.05) is 6.54 Å². The Hall–Kier alpha value is -1.44. The van der Waals surface area contributed by atoms with Crippen molar-refractivity contribution in [1.29, 1.82) is 0 Å². The van der Waals surface area contributed by atoms with Crippen molar-refractivity contribution in [3.8, 4) is 0 Å². The Balaban J connectivity index is 1.83. The van der Waals surface area contributed by atoms with E-state index in [2.05, 4.69) is 38.0 Å². The third-order valence-electron chi connectivity index (χ3n) is 2.31. The molecule has 0 spiro atoms. The van der Waals surface area contributed by atoms with Crippen molar-refractivity contribution in [2.24, 2.45) is 0 Å². The molecule has 0 radical (unpaired) electrons. The zero-order chi connectivity index (χ0) is 13.0. The molecule has 2 rings (SSSR count). The number of carbonyl (C=O) groups excluding carboxylic acids is 1. The van der Waals surface area contributed by atoms with E-state index in [1.54, 1.807) is 19.1 Å². The summed E-state index contributed by atoms with van der Waals surface area (Å²) in [5.74, 6) is 1.05. The minimum absolute atomic E-state index is 0.0911. The minimum atomic E-state index is -0.0911. The summed E-state index contributed by atoms with van der Waals surface area (Å²) in [6.07, 6.45) is 0.563. The van der Waals surface area contributed by atoms with E-state index >= 15 is 0 Å². The lowest BCUT2D eigenvalue weighted by Crippen LogP contribution is -2.25. The van der Waals surface area contributed by atoms with Gasteiger partial charge >= 0.3 is 0 Å². The zero-order valence-corrected chi connectivity index (χ0v) is 12.0. The fourth-order valence-corrected chi connectivity index (χ4v) is 1.79. The number of aromatic nitrogens is 2. The van der Waals surface area contributed by atoms with Crippen LogP contribution in [0.5, 0.6) is 0 Å². The van der Waals surface area contributed by atoms with Crippen LogP contribution in [0.2, 0.25) is 0 Å². The molecule has 1 aromatic carbocycles. The zero-order valence-electron chi connectivity index (χ0n) is 9.81. The highest BCUT2D eigenvalue weighted by molar-refractivity contribution is 14.1. The van der Waals surface area contributed by atoms with E-state index in [1.807, 2.05) is 12.1 Å². The highest BCUT2D eigenvalue weighted by atomic mass is 127. The Morgan fingerprint density at radius 3 is 2.72 bits per heavy atom. The highest BCUT2D eigenvalue weighted by Gasteiger charge is 2.06. The molecule has 2 aromatic rings. The second-order valence-corrected chi connectivity index (χ2v) is 4.99. The van der Waals surface area contributed by atoms with Crippen LogP contribution in [0.25, 0.3) is 0 Å². The Bertz CT molecular complexity index is 537. The van der Waals surface area contributed by atoms with Crippen LogP contribution in [-0.2, 0) is 6.42 Å². The van der Waals surface area contributed by atoms with E-state index in [4.69, 9.17) is 4.52 Å². The maximum Gasteiger partial charge on any atom is 0.251 e. The van der Waals surface area contributed by atoms with Crippen molar-refractivity contribution in [1.82, 2.24) is 15.5 Å². The van der Waals surface area contributed by atoms with Crippen molar-refractivity contribution in [2.45, 2.75) is 13.3 Å². The molecule has 94 valence electrons. The van der Waals surface area contributed by atoms with Crippen molar-refractivity contribution < 1.29 is 9.32 Å². The average molecular weight is 357 g/mol. The second kappa shape index (κ2) is 5.94. The van der Waals surface area contributed by atoms with Crippen LogP contribution in [0.1, 0.15) is 22.1 Å². The maximum atomic E-state index is 11.8. The summed E-state index contributed by atoms with van der Waals surface area (Å²) < 4.78 is 5.95. The van der Waals surface area contributed by atoms with Gasteiger partial charge in [-0.15, -0.1) is 0 Å². The Labute approximate surface area is 118 Å². The normalized spacial score (nSPS) is 10.3. The smallest absolute Gasteiger partial charge is 0.251 e. The van der Waals surface area contributed by atoms with Crippen LogP contribution < -0.4 is 5.32 Å². The number of amides is 1. The number of aryl methyl sites for hydroxylation is 1. The van der Waals surface area contributed by atoms with Gasteiger partial charge in [-0.1, -0.05) is 5.16 Å². The fraction of sp³-hybridized carbons (Fsp3) is 0.250. The monoisotopic (exact) mass is 357 g/mol. The molecule has 1 heterocycles. The van der Waals surface area contributed by atoms with Gasteiger partial charge in [0, 0.05) is 29.0 Å². The van der Waals surface area contributed by atoms with Crippen molar-refractivity contribution >= 4 is 28.5 Å². The number of nitrogens with one attached hydrogen (secondary N) is 1. The predicted octanol–water partition coefficient (Wildman–Crippen LogP) is 1.96. The SMILES string of the molecule is Cc1nc(CCNC(=O)c2ccc(I)cc2)no1. The largest absolute Gasteiger partial charge is 0.352 e. The second-order valence-electron chi connectivity index (χ2n) is 3.74. The Kier molecular flexibility index (Phi) is 4.29. The number of hydrogen-bond donors (Lipinski definition) is 1. The number of benzene rings is 1. The molecule has 0 saturated heterocycles. The van der Waals surface area contributed by atoms with E-state index in [0.717, 1.165) is 3.57 Å². The fourth-order valence-electron chi connectivity index (χ4n) is 1.43. The number of hydrogen-bond acceptors (Lipinski definition) is 4. The van der Waals surface area contributed by atoms with Gasteiger partial charge in [-0.25, -0.2) is 0 Å². The third-order valence-corrected chi connectivity index (χ3v) is 3.03. The molecular weight excluding hydrogens is 345 g/mol. The van der Waals surface area contributed by atoms with Crippen LogP contribution in [0.3, 0.4) is 0 Å². The predicted molar refractivity (Wildman–Crippen MR) is 74.2 cm³/mol. The van der Waals surface area contributed by atoms with Gasteiger partial charge < -0.3 is 9.84 Å². The number of halogens is 1. The van der Waals surface area contributed by atoms with Gasteiger partial charge in [-0.05, 0) is 46.9 Å². The van der Waals surface area contributed by atoms with Crippen LogP contribution >= 0.6 is 22.6 Å². The summed E-state index contributed by atoms with van der Waals surface area (Å²) in [5.41, 5.74) is 0.653. The molecule has 0 aliphatic carbocycles. The molecule has 0 atom stereocenters. The molecule has 1 N–H and O–H groups in total. The van der Waals surface area contributed by atoms with Crippen LogP contribution in [-0.4, -0.2) is 22.6 Å². The van der Waals surface area contributed by atoms with Crippen molar-refractivity contribution in [3.05, 3.63) is 45.1 Å². The van der Waals surface area contributed by atoms with Gasteiger partial charge in [-0.2, -0.15) is 4.98 Å². The molecule has 1 aromatic heterocycles. The molecule has 18 heavy (non-hydrogen) atoms. The first-order valence-corrected chi connectivity index (χ1v) is 6.56. The minimum Gasteiger partial charge on any atom is -0.352 e. The molecule has 0 aliphatic heterocycles. The molecule has 0 aliphatic rings. The van der Waals surface area contributed by atoms with Crippen LogP contribution in [0.4, 0.5) is 0 Å². The molecule has 1 amide bonds. The van der Waals surface area contributed by atoms with E-state index < -0.39 is 0 Å². The molecule has 0 bridgehead atoms. The first-order chi connectivity index (χ1) is 8.65. The summed E-state index contributed by atoms with van der Waals surface area (Å²) >= 11 is 2.20. The van der Waals surface area contributed by atoms with Gasteiger partial charge in [-0.3, -0.25) is 4.79 Å². The van der Waals surface area contributed by atoms with Gasteiger partial charge in [0.25, 0.3) is 5.91 Å². The van der Waals surface area contributed by atoms with E-state index in [9.17, 15) is 4.79 Å². The van der Waals surface area contributed by atoms with Gasteiger partial charge in [0.2, 0.25) is 5.89 Å². The third kappa shape index (κ3) is 3.52. The molecule has 0 saturated carbocycles. The van der Waals surface area contributed by atoms with Crippen LogP contribution in [0.15, 0.2) is 28.8 Å².